The Morgan fingerprint density at radius 3 is 2.87 bits per heavy atom. The van der Waals surface area contributed by atoms with Gasteiger partial charge >= 0.3 is 6.03 Å². The van der Waals surface area contributed by atoms with Crippen LogP contribution in [-0.4, -0.2) is 34.4 Å². The van der Waals surface area contributed by atoms with Gasteiger partial charge in [-0.05, 0) is 48.4 Å². The summed E-state index contributed by atoms with van der Waals surface area (Å²) in [7, 11) is 0. The molecule has 1 saturated carbocycles. The van der Waals surface area contributed by atoms with E-state index >= 15 is 0 Å². The first-order valence-electron chi connectivity index (χ1n) is 10.1. The molecule has 1 atom stereocenters. The van der Waals surface area contributed by atoms with Crippen LogP contribution in [0.2, 0.25) is 5.02 Å². The molecule has 0 unspecified atom stereocenters. The molecule has 1 aromatic heterocycles. The van der Waals surface area contributed by atoms with Crippen molar-refractivity contribution in [2.24, 2.45) is 0 Å². The topological polar surface area (TPSA) is 95.6 Å². The van der Waals surface area contributed by atoms with Gasteiger partial charge in [-0.15, -0.1) is 11.3 Å². The molecule has 0 bridgehead atoms. The predicted molar refractivity (Wildman–Crippen MR) is 119 cm³/mol. The number of Topliss-reactive ketones (excluding diaryl/α,β-unsaturated/α-hetero) is 2. The Hall–Kier alpha value is -2.71. The Kier molecular flexibility index (Phi) is 6.11. The average molecular weight is 460 g/mol. The molecule has 2 aliphatic rings. The molecule has 9 heteroatoms. The lowest BCUT2D eigenvalue weighted by Gasteiger charge is -2.25. The van der Waals surface area contributed by atoms with Crippen molar-refractivity contribution in [3.05, 3.63) is 50.2 Å². The van der Waals surface area contributed by atoms with Gasteiger partial charge in [0.25, 0.3) is 5.91 Å². The number of thiophene rings is 1. The molecule has 0 spiro atoms. The molecule has 1 fully saturated rings. The highest BCUT2D eigenvalue weighted by molar-refractivity contribution is 7.12. The van der Waals surface area contributed by atoms with Crippen LogP contribution < -0.4 is 10.6 Å². The minimum Gasteiger partial charge on any atom is -0.334 e. The second-order valence-electron chi connectivity index (χ2n) is 7.86. The molecule has 1 aromatic carbocycles. The van der Waals surface area contributed by atoms with Crippen molar-refractivity contribution in [3.8, 4) is 0 Å². The third-order valence-corrected chi connectivity index (χ3v) is 7.15. The maximum Gasteiger partial charge on any atom is 0.319 e. The third-order valence-electron chi connectivity index (χ3n) is 5.69. The quantitative estimate of drug-likeness (QED) is 0.532. The van der Waals surface area contributed by atoms with Crippen LogP contribution in [-0.2, 0) is 22.7 Å². The van der Waals surface area contributed by atoms with Gasteiger partial charge in [-0.3, -0.25) is 14.4 Å². The highest BCUT2D eigenvalue weighted by Gasteiger charge is 2.39. The molecule has 162 valence electrons. The largest absolute Gasteiger partial charge is 0.334 e. The standard InChI is InChI=1S/C22H22ClN3O4S/c1-12-5-6-14(7-17(12)23)25-22(30)24-9-13-11-31-20-16(13)10-26(21(20)29)18-4-2-3-15(27)8-19(18)28/h5-7,11,18H,2-4,8-10H2,1H3,(H2,24,25,30)/t18-/m0/s1. The Morgan fingerprint density at radius 2 is 2.10 bits per heavy atom. The fraction of sp³-hybridized carbons (Fsp3) is 0.364. The van der Waals surface area contributed by atoms with Gasteiger partial charge in [0.1, 0.15) is 5.78 Å². The lowest BCUT2D eigenvalue weighted by molar-refractivity contribution is -0.128. The molecule has 0 radical (unpaired) electrons. The fourth-order valence-electron chi connectivity index (χ4n) is 3.95. The highest BCUT2D eigenvalue weighted by atomic mass is 35.5. The number of benzene rings is 1. The number of nitrogens with zero attached hydrogens (tertiary/aromatic N) is 1. The summed E-state index contributed by atoms with van der Waals surface area (Å²) in [6.45, 7) is 2.47. The van der Waals surface area contributed by atoms with E-state index in [1.165, 1.54) is 11.3 Å². The van der Waals surface area contributed by atoms with Gasteiger partial charge in [0.05, 0.1) is 17.3 Å². The van der Waals surface area contributed by atoms with Crippen LogP contribution in [0.25, 0.3) is 0 Å². The summed E-state index contributed by atoms with van der Waals surface area (Å²) in [5.41, 5.74) is 3.21. The number of hydrogen-bond acceptors (Lipinski definition) is 5. The molecule has 3 amide bonds. The van der Waals surface area contributed by atoms with E-state index < -0.39 is 6.04 Å². The minimum atomic E-state index is -0.547. The van der Waals surface area contributed by atoms with Gasteiger partial charge in [0.2, 0.25) is 0 Å². The number of rotatable bonds is 4. The summed E-state index contributed by atoms with van der Waals surface area (Å²) in [6, 6.07) is 4.36. The first-order chi connectivity index (χ1) is 14.8. The van der Waals surface area contributed by atoms with Crippen LogP contribution in [0.5, 0.6) is 0 Å². The van der Waals surface area contributed by atoms with Gasteiger partial charge in [0.15, 0.2) is 5.78 Å². The molecule has 2 aromatic rings. The van der Waals surface area contributed by atoms with Crippen molar-refractivity contribution in [2.75, 3.05) is 5.32 Å². The molecular formula is C22H22ClN3O4S. The number of hydrogen-bond donors (Lipinski definition) is 2. The smallest absolute Gasteiger partial charge is 0.319 e. The summed E-state index contributed by atoms with van der Waals surface area (Å²) in [5.74, 6) is -0.404. The van der Waals surface area contributed by atoms with Crippen LogP contribution in [0.15, 0.2) is 23.6 Å². The van der Waals surface area contributed by atoms with Crippen LogP contribution in [0.3, 0.4) is 0 Å². The maximum absolute atomic E-state index is 12.9. The number of carbonyl (C=O) groups excluding carboxylic acids is 4. The monoisotopic (exact) mass is 459 g/mol. The molecule has 2 N–H and O–H groups in total. The molecule has 0 saturated heterocycles. The normalized spacial score (nSPS) is 18.7. The number of anilines is 1. The van der Waals surface area contributed by atoms with Crippen molar-refractivity contribution in [1.82, 2.24) is 10.2 Å². The Balaban J connectivity index is 1.40. The van der Waals surface area contributed by atoms with Crippen LogP contribution >= 0.6 is 22.9 Å². The Bertz CT molecular complexity index is 1080. The van der Waals surface area contributed by atoms with E-state index in [9.17, 15) is 19.2 Å². The van der Waals surface area contributed by atoms with Crippen molar-refractivity contribution < 1.29 is 19.2 Å². The Labute approximate surface area is 188 Å². The van der Waals surface area contributed by atoms with Crippen molar-refractivity contribution in [2.45, 2.75) is 51.7 Å². The summed E-state index contributed by atoms with van der Waals surface area (Å²) >= 11 is 7.41. The number of fused-ring (bicyclic) bond motifs is 1. The number of carbonyl (C=O) groups is 4. The fourth-order valence-corrected chi connectivity index (χ4v) is 5.17. The van der Waals surface area contributed by atoms with Gasteiger partial charge < -0.3 is 15.5 Å². The second-order valence-corrected chi connectivity index (χ2v) is 9.15. The summed E-state index contributed by atoms with van der Waals surface area (Å²) < 4.78 is 0. The first kappa shape index (κ1) is 21.5. The number of aryl methyl sites for hydroxylation is 1. The Morgan fingerprint density at radius 1 is 1.29 bits per heavy atom. The van der Waals surface area contributed by atoms with E-state index in [0.29, 0.717) is 41.4 Å². The number of nitrogens with one attached hydrogen (secondary N) is 2. The number of ketones is 2. The summed E-state index contributed by atoms with van der Waals surface area (Å²) in [4.78, 5) is 51.5. The van der Waals surface area contributed by atoms with Crippen LogP contribution in [0, 0.1) is 6.92 Å². The third kappa shape index (κ3) is 4.50. The summed E-state index contributed by atoms with van der Waals surface area (Å²) in [5, 5.41) is 7.98. The summed E-state index contributed by atoms with van der Waals surface area (Å²) in [6.07, 6.45) is 1.42. The van der Waals surface area contributed by atoms with Crippen LogP contribution in [0.1, 0.15) is 52.0 Å². The van der Waals surface area contributed by atoms with Gasteiger partial charge in [-0.2, -0.15) is 0 Å². The molecule has 31 heavy (non-hydrogen) atoms. The van der Waals surface area contributed by atoms with Crippen LogP contribution in [0.4, 0.5) is 10.5 Å². The second kappa shape index (κ2) is 8.80. The zero-order valence-electron chi connectivity index (χ0n) is 17.0. The first-order valence-corrected chi connectivity index (χ1v) is 11.3. The number of amides is 3. The van der Waals surface area contributed by atoms with E-state index in [0.717, 1.165) is 16.7 Å². The maximum atomic E-state index is 12.9. The molecule has 7 nitrogen and oxygen atoms in total. The molecular weight excluding hydrogens is 438 g/mol. The minimum absolute atomic E-state index is 0.0558. The lowest BCUT2D eigenvalue weighted by atomic mass is 10.1. The number of urea groups is 1. The van der Waals surface area contributed by atoms with Gasteiger partial charge in [0, 0.05) is 35.8 Å². The molecule has 2 heterocycles. The van der Waals surface area contributed by atoms with E-state index in [-0.39, 0.29) is 36.5 Å². The average Bonchev–Trinajstić information content (AvgIpc) is 3.21. The highest BCUT2D eigenvalue weighted by Crippen LogP contribution is 2.34. The van der Waals surface area contributed by atoms with Gasteiger partial charge in [-0.25, -0.2) is 4.79 Å². The van der Waals surface area contributed by atoms with Crippen molar-refractivity contribution in [1.29, 1.82) is 0 Å². The zero-order valence-corrected chi connectivity index (χ0v) is 18.6. The zero-order chi connectivity index (χ0) is 22.1. The van der Waals surface area contributed by atoms with Crippen molar-refractivity contribution in [3.63, 3.8) is 0 Å². The molecule has 4 rings (SSSR count). The lowest BCUT2D eigenvalue weighted by Crippen LogP contribution is -2.41. The van der Waals surface area contributed by atoms with E-state index in [1.807, 2.05) is 18.4 Å². The SMILES string of the molecule is Cc1ccc(NC(=O)NCc2csc3c2CN([C@H]2CCCC(=O)CC2=O)C3=O)cc1Cl. The molecule has 1 aliphatic heterocycles. The van der Waals surface area contributed by atoms with E-state index in [4.69, 9.17) is 11.6 Å². The number of halogens is 1. The molecule has 1 aliphatic carbocycles. The predicted octanol–water partition coefficient (Wildman–Crippen LogP) is 4.07. The van der Waals surface area contributed by atoms with E-state index in [2.05, 4.69) is 10.6 Å². The van der Waals surface area contributed by atoms with Gasteiger partial charge in [-0.1, -0.05) is 17.7 Å². The van der Waals surface area contributed by atoms with Crippen molar-refractivity contribution >= 4 is 52.1 Å². The van der Waals surface area contributed by atoms with E-state index in [1.54, 1.807) is 17.0 Å².